The second-order valence-corrected chi connectivity index (χ2v) is 7.40. The molecule has 164 valence electrons. The first kappa shape index (κ1) is 22.8. The van der Waals surface area contributed by atoms with Crippen LogP contribution in [0.3, 0.4) is 0 Å². The molecule has 1 N–H and O–H groups in total. The fraction of sp³-hybridized carbons (Fsp3) is 0.273. The number of halogens is 4. The van der Waals surface area contributed by atoms with E-state index in [1.807, 2.05) is 11.0 Å². The van der Waals surface area contributed by atoms with E-state index < -0.39 is 11.7 Å². The molecule has 0 saturated carbocycles. The number of carbonyl (C=O) groups is 1. The van der Waals surface area contributed by atoms with E-state index in [1.54, 1.807) is 31.2 Å². The predicted octanol–water partition coefficient (Wildman–Crippen LogP) is 5.30. The number of aromatic nitrogens is 1. The molecule has 0 aliphatic heterocycles. The van der Waals surface area contributed by atoms with Gasteiger partial charge < -0.3 is 9.73 Å². The lowest BCUT2D eigenvalue weighted by molar-refractivity contribution is -0.137. The zero-order chi connectivity index (χ0) is 22.4. The summed E-state index contributed by atoms with van der Waals surface area (Å²) in [6.07, 6.45) is -3.15. The van der Waals surface area contributed by atoms with Crippen molar-refractivity contribution in [3.63, 3.8) is 0 Å². The molecule has 0 bridgehead atoms. The van der Waals surface area contributed by atoms with Gasteiger partial charge in [-0.1, -0.05) is 41.9 Å². The average Bonchev–Trinajstić information content (AvgIpc) is 3.16. The maximum Gasteiger partial charge on any atom is 0.416 e. The van der Waals surface area contributed by atoms with Crippen molar-refractivity contribution in [3.05, 3.63) is 88.1 Å². The molecule has 0 aliphatic rings. The van der Waals surface area contributed by atoms with Gasteiger partial charge in [0.25, 0.3) is 5.91 Å². The Morgan fingerprint density at radius 2 is 1.77 bits per heavy atom. The second-order valence-electron chi connectivity index (χ2n) is 6.96. The molecule has 0 spiro atoms. The van der Waals surface area contributed by atoms with Crippen LogP contribution >= 0.6 is 11.6 Å². The van der Waals surface area contributed by atoms with Crippen molar-refractivity contribution in [1.82, 2.24) is 15.2 Å². The van der Waals surface area contributed by atoms with Gasteiger partial charge in [-0.05, 0) is 36.2 Å². The first-order chi connectivity index (χ1) is 14.7. The van der Waals surface area contributed by atoms with Crippen LogP contribution in [-0.2, 0) is 25.8 Å². The molecule has 0 fully saturated rings. The molecule has 9 heteroatoms. The van der Waals surface area contributed by atoms with E-state index >= 15 is 0 Å². The Morgan fingerprint density at radius 1 is 1.10 bits per heavy atom. The van der Waals surface area contributed by atoms with E-state index in [4.69, 9.17) is 16.0 Å². The predicted molar refractivity (Wildman–Crippen MR) is 110 cm³/mol. The first-order valence-electron chi connectivity index (χ1n) is 9.60. The second kappa shape index (κ2) is 9.98. The minimum atomic E-state index is -4.42. The van der Waals surface area contributed by atoms with Crippen LogP contribution in [0.2, 0.25) is 5.02 Å². The summed E-state index contributed by atoms with van der Waals surface area (Å²) in [5.41, 5.74) is 0.823. The Bertz CT molecular complexity index is 1040. The van der Waals surface area contributed by atoms with Gasteiger partial charge in [-0.25, -0.2) is 4.98 Å². The third-order valence-corrected chi connectivity index (χ3v) is 4.67. The minimum absolute atomic E-state index is 0.152. The number of nitrogens with one attached hydrogen (secondary N) is 1. The molecule has 0 saturated heterocycles. The molecule has 1 aromatic heterocycles. The van der Waals surface area contributed by atoms with Crippen molar-refractivity contribution >= 4 is 17.5 Å². The maximum absolute atomic E-state index is 13.1. The Hall–Kier alpha value is -2.84. The summed E-state index contributed by atoms with van der Waals surface area (Å²) >= 11 is 6.07. The van der Waals surface area contributed by atoms with Gasteiger partial charge in [0, 0.05) is 24.7 Å². The van der Waals surface area contributed by atoms with Gasteiger partial charge >= 0.3 is 6.18 Å². The smallest absolute Gasteiger partial charge is 0.416 e. The van der Waals surface area contributed by atoms with E-state index in [0.717, 1.165) is 17.7 Å². The van der Waals surface area contributed by atoms with Gasteiger partial charge in [0.05, 0.1) is 12.1 Å². The molecule has 0 radical (unpaired) electrons. The van der Waals surface area contributed by atoms with E-state index in [-0.39, 0.29) is 30.6 Å². The van der Waals surface area contributed by atoms with Gasteiger partial charge in [0.2, 0.25) is 5.89 Å². The highest BCUT2D eigenvalue weighted by atomic mass is 35.5. The Balaban J connectivity index is 1.82. The molecule has 0 unspecified atom stereocenters. The lowest BCUT2D eigenvalue weighted by Crippen LogP contribution is -2.24. The quantitative estimate of drug-likeness (QED) is 0.505. The highest BCUT2D eigenvalue weighted by Gasteiger charge is 2.30. The maximum atomic E-state index is 13.1. The van der Waals surface area contributed by atoms with Gasteiger partial charge in [0.15, 0.2) is 5.69 Å². The molecule has 1 amide bonds. The van der Waals surface area contributed by atoms with Crippen molar-refractivity contribution in [2.75, 3.05) is 6.54 Å². The van der Waals surface area contributed by atoms with E-state index in [0.29, 0.717) is 23.7 Å². The van der Waals surface area contributed by atoms with Crippen molar-refractivity contribution in [2.24, 2.45) is 0 Å². The molecule has 2 aromatic carbocycles. The van der Waals surface area contributed by atoms with Gasteiger partial charge in [-0.2, -0.15) is 13.2 Å². The van der Waals surface area contributed by atoms with Crippen LogP contribution in [0.15, 0.2) is 59.2 Å². The summed E-state index contributed by atoms with van der Waals surface area (Å²) in [5, 5.41) is 3.20. The largest absolute Gasteiger partial charge is 0.447 e. The monoisotopic (exact) mass is 451 g/mol. The SMILES string of the molecule is CCNC(=O)c1coc(CN(Cc2cccc(Cl)c2)Cc2cccc(C(F)(F)F)c2)n1. The van der Waals surface area contributed by atoms with E-state index in [9.17, 15) is 18.0 Å². The Labute approximate surface area is 182 Å². The number of alkyl halides is 3. The molecular weight excluding hydrogens is 431 g/mol. The fourth-order valence-electron chi connectivity index (χ4n) is 3.10. The van der Waals surface area contributed by atoms with Crippen LogP contribution in [0.5, 0.6) is 0 Å². The normalized spacial score (nSPS) is 11.7. The van der Waals surface area contributed by atoms with Crippen molar-refractivity contribution in [2.45, 2.75) is 32.7 Å². The summed E-state index contributed by atoms with van der Waals surface area (Å²) in [5.74, 6) is -0.0629. The minimum Gasteiger partial charge on any atom is -0.447 e. The lowest BCUT2D eigenvalue weighted by Gasteiger charge is -2.21. The van der Waals surface area contributed by atoms with E-state index in [1.165, 1.54) is 12.3 Å². The van der Waals surface area contributed by atoms with Gasteiger partial charge in [-0.3, -0.25) is 9.69 Å². The molecule has 31 heavy (non-hydrogen) atoms. The van der Waals surface area contributed by atoms with Crippen LogP contribution in [-0.4, -0.2) is 22.3 Å². The van der Waals surface area contributed by atoms with Crippen LogP contribution in [0.1, 0.15) is 40.0 Å². The van der Waals surface area contributed by atoms with Crippen LogP contribution < -0.4 is 5.32 Å². The molecule has 3 rings (SSSR count). The Kier molecular flexibility index (Phi) is 7.35. The number of carbonyl (C=O) groups excluding carboxylic acids is 1. The number of hydrogen-bond donors (Lipinski definition) is 1. The van der Waals surface area contributed by atoms with E-state index in [2.05, 4.69) is 10.3 Å². The summed E-state index contributed by atoms with van der Waals surface area (Å²) in [7, 11) is 0. The average molecular weight is 452 g/mol. The molecule has 1 heterocycles. The molecule has 0 aliphatic carbocycles. The third-order valence-electron chi connectivity index (χ3n) is 4.44. The highest BCUT2D eigenvalue weighted by molar-refractivity contribution is 6.30. The standard InChI is InChI=1S/C22H21ClF3N3O2/c1-2-27-21(30)19-14-31-20(28-19)13-29(12-16-6-4-8-18(23)10-16)11-15-5-3-7-17(9-15)22(24,25)26/h3-10,14H,2,11-13H2,1H3,(H,27,30). The molecule has 5 nitrogen and oxygen atoms in total. The molecule has 0 atom stereocenters. The van der Waals surface area contributed by atoms with Crippen molar-refractivity contribution < 1.29 is 22.4 Å². The van der Waals surface area contributed by atoms with Gasteiger partial charge in [-0.15, -0.1) is 0 Å². The number of oxazole rings is 1. The number of nitrogens with zero attached hydrogens (tertiary/aromatic N) is 2. The number of rotatable bonds is 8. The summed E-state index contributed by atoms with van der Waals surface area (Å²) in [4.78, 5) is 18.0. The summed E-state index contributed by atoms with van der Waals surface area (Å²) in [6, 6.07) is 12.4. The van der Waals surface area contributed by atoms with Crippen LogP contribution in [0.25, 0.3) is 0 Å². The van der Waals surface area contributed by atoms with Crippen molar-refractivity contribution in [1.29, 1.82) is 0 Å². The van der Waals surface area contributed by atoms with Crippen LogP contribution in [0.4, 0.5) is 13.2 Å². The lowest BCUT2D eigenvalue weighted by atomic mass is 10.1. The number of amides is 1. The topological polar surface area (TPSA) is 58.4 Å². The summed E-state index contributed by atoms with van der Waals surface area (Å²) < 4.78 is 44.7. The first-order valence-corrected chi connectivity index (χ1v) is 9.98. The number of hydrogen-bond acceptors (Lipinski definition) is 4. The van der Waals surface area contributed by atoms with Gasteiger partial charge in [0.1, 0.15) is 6.26 Å². The number of benzene rings is 2. The third kappa shape index (κ3) is 6.57. The summed E-state index contributed by atoms with van der Waals surface area (Å²) in [6.45, 7) is 3.06. The zero-order valence-corrected chi connectivity index (χ0v) is 17.5. The van der Waals surface area contributed by atoms with Crippen LogP contribution in [0, 0.1) is 0 Å². The molecule has 3 aromatic rings. The zero-order valence-electron chi connectivity index (χ0n) is 16.7. The molecular formula is C22H21ClF3N3O2. The van der Waals surface area contributed by atoms with Crippen molar-refractivity contribution in [3.8, 4) is 0 Å². The Morgan fingerprint density at radius 3 is 2.42 bits per heavy atom. The highest BCUT2D eigenvalue weighted by Crippen LogP contribution is 2.30. The fourth-order valence-corrected chi connectivity index (χ4v) is 3.31.